The summed E-state index contributed by atoms with van der Waals surface area (Å²) in [5, 5.41) is 5.28. The summed E-state index contributed by atoms with van der Waals surface area (Å²) >= 11 is 0. The Morgan fingerprint density at radius 3 is 2.48 bits per heavy atom. The van der Waals surface area contributed by atoms with Gasteiger partial charge in [0, 0.05) is 37.5 Å². The summed E-state index contributed by atoms with van der Waals surface area (Å²) in [4.78, 5) is 23.2. The third-order valence-corrected chi connectivity index (χ3v) is 5.04. The van der Waals surface area contributed by atoms with Gasteiger partial charge in [0.1, 0.15) is 5.82 Å². The number of hydrogen-bond acceptors (Lipinski definition) is 6. The Balaban J connectivity index is 1.62. The average molecular weight is 397 g/mol. The molecule has 4 rings (SSSR count). The fraction of sp³-hybridized carbons (Fsp3) is 0.476. The van der Waals surface area contributed by atoms with Gasteiger partial charge in [-0.1, -0.05) is 0 Å². The van der Waals surface area contributed by atoms with Crippen LogP contribution in [0.3, 0.4) is 0 Å². The van der Waals surface area contributed by atoms with Gasteiger partial charge in [-0.2, -0.15) is 4.98 Å². The molecule has 2 unspecified atom stereocenters. The smallest absolute Gasteiger partial charge is 0.318 e. The SMILES string of the molecule is CNC(=O)Nc1ccc(-c2nc(OC(C)C)cc(N3CC4CCC(C3)O4)n2)cc1. The molecular formula is C21H27N5O3. The van der Waals surface area contributed by atoms with Crippen LogP contribution in [-0.2, 0) is 4.74 Å². The van der Waals surface area contributed by atoms with Crippen LogP contribution in [-0.4, -0.2) is 54.4 Å². The number of anilines is 2. The van der Waals surface area contributed by atoms with Gasteiger partial charge < -0.3 is 25.0 Å². The van der Waals surface area contributed by atoms with Gasteiger partial charge in [0.25, 0.3) is 0 Å². The van der Waals surface area contributed by atoms with E-state index in [1.54, 1.807) is 7.05 Å². The lowest BCUT2D eigenvalue weighted by molar-refractivity contribution is 0.0302. The number of ether oxygens (including phenoxy) is 2. The molecule has 154 valence electrons. The molecular weight excluding hydrogens is 370 g/mol. The highest BCUT2D eigenvalue weighted by atomic mass is 16.5. The molecule has 8 heteroatoms. The fourth-order valence-corrected chi connectivity index (χ4v) is 3.70. The summed E-state index contributed by atoms with van der Waals surface area (Å²) in [6.45, 7) is 5.64. The number of benzene rings is 1. The number of nitrogens with zero attached hydrogens (tertiary/aromatic N) is 3. The maximum absolute atomic E-state index is 11.5. The van der Waals surface area contributed by atoms with E-state index in [1.165, 1.54) is 0 Å². The first-order valence-electron chi connectivity index (χ1n) is 10.1. The normalized spacial score (nSPS) is 20.6. The Hall–Kier alpha value is -2.87. The van der Waals surface area contributed by atoms with Crippen LogP contribution in [0, 0.1) is 0 Å². The fourth-order valence-electron chi connectivity index (χ4n) is 3.70. The molecule has 1 aromatic heterocycles. The number of carbonyl (C=O) groups excluding carboxylic acids is 1. The second-order valence-electron chi connectivity index (χ2n) is 7.70. The standard InChI is InChI=1S/C21H27N5O3/c1-13(2)28-19-10-18(26-11-16-8-9-17(12-26)29-16)24-20(25-19)14-4-6-15(7-5-14)23-21(27)22-3/h4-7,10,13,16-17H,8-9,11-12H2,1-3H3,(H2,22,23,27). The second kappa shape index (κ2) is 8.24. The highest BCUT2D eigenvalue weighted by Crippen LogP contribution is 2.31. The van der Waals surface area contributed by atoms with Crippen LogP contribution >= 0.6 is 0 Å². The first-order chi connectivity index (χ1) is 14.0. The van der Waals surface area contributed by atoms with E-state index in [2.05, 4.69) is 20.5 Å². The van der Waals surface area contributed by atoms with Gasteiger partial charge in [-0.15, -0.1) is 0 Å². The van der Waals surface area contributed by atoms with Gasteiger partial charge in [-0.25, -0.2) is 9.78 Å². The predicted octanol–water partition coefficient (Wildman–Crippen LogP) is 3.05. The van der Waals surface area contributed by atoms with Crippen molar-refractivity contribution < 1.29 is 14.3 Å². The molecule has 0 spiro atoms. The van der Waals surface area contributed by atoms with Crippen molar-refractivity contribution in [2.75, 3.05) is 30.4 Å². The van der Waals surface area contributed by atoms with E-state index < -0.39 is 0 Å². The zero-order valence-electron chi connectivity index (χ0n) is 17.0. The van der Waals surface area contributed by atoms with E-state index in [1.807, 2.05) is 44.2 Å². The first-order valence-corrected chi connectivity index (χ1v) is 10.1. The molecule has 2 aliphatic heterocycles. The lowest BCUT2D eigenvalue weighted by Crippen LogP contribution is -2.43. The Kier molecular flexibility index (Phi) is 5.53. The number of hydrogen-bond donors (Lipinski definition) is 2. The molecule has 29 heavy (non-hydrogen) atoms. The Bertz CT molecular complexity index is 859. The second-order valence-corrected chi connectivity index (χ2v) is 7.70. The van der Waals surface area contributed by atoms with Crippen LogP contribution in [0.2, 0.25) is 0 Å². The number of rotatable bonds is 5. The number of urea groups is 1. The summed E-state index contributed by atoms with van der Waals surface area (Å²) in [5.74, 6) is 2.02. The number of fused-ring (bicyclic) bond motifs is 2. The van der Waals surface area contributed by atoms with E-state index in [9.17, 15) is 4.79 Å². The highest BCUT2D eigenvalue weighted by molar-refractivity contribution is 5.89. The van der Waals surface area contributed by atoms with E-state index in [4.69, 9.17) is 14.5 Å². The molecule has 0 radical (unpaired) electrons. The van der Waals surface area contributed by atoms with Crippen molar-refractivity contribution in [3.8, 4) is 17.3 Å². The predicted molar refractivity (Wildman–Crippen MR) is 111 cm³/mol. The van der Waals surface area contributed by atoms with Crippen molar-refractivity contribution >= 4 is 17.5 Å². The average Bonchev–Trinajstić information content (AvgIpc) is 3.05. The van der Waals surface area contributed by atoms with Gasteiger partial charge in [0.15, 0.2) is 5.82 Å². The van der Waals surface area contributed by atoms with Crippen molar-refractivity contribution in [3.05, 3.63) is 30.3 Å². The molecule has 2 N–H and O–H groups in total. The maximum Gasteiger partial charge on any atom is 0.318 e. The number of carbonyl (C=O) groups is 1. The van der Waals surface area contributed by atoms with Crippen molar-refractivity contribution in [1.29, 1.82) is 0 Å². The topological polar surface area (TPSA) is 88.6 Å². The molecule has 2 saturated heterocycles. The third kappa shape index (κ3) is 4.59. The minimum absolute atomic E-state index is 0.0191. The molecule has 0 saturated carbocycles. The quantitative estimate of drug-likeness (QED) is 0.806. The molecule has 8 nitrogen and oxygen atoms in total. The van der Waals surface area contributed by atoms with Crippen LogP contribution < -0.4 is 20.3 Å². The van der Waals surface area contributed by atoms with Crippen LogP contribution in [0.25, 0.3) is 11.4 Å². The Morgan fingerprint density at radius 1 is 1.17 bits per heavy atom. The summed E-state index contributed by atoms with van der Waals surface area (Å²) in [6, 6.07) is 9.11. The zero-order chi connectivity index (χ0) is 20.4. The summed E-state index contributed by atoms with van der Waals surface area (Å²) in [5.41, 5.74) is 1.56. The van der Waals surface area contributed by atoms with Gasteiger partial charge in [-0.3, -0.25) is 0 Å². The molecule has 2 bridgehead atoms. The zero-order valence-corrected chi connectivity index (χ0v) is 17.0. The van der Waals surface area contributed by atoms with Crippen molar-refractivity contribution in [2.45, 2.75) is 45.0 Å². The molecule has 1 aromatic carbocycles. The monoisotopic (exact) mass is 397 g/mol. The number of morpholine rings is 1. The van der Waals surface area contributed by atoms with Crippen LogP contribution in [0.15, 0.2) is 30.3 Å². The third-order valence-electron chi connectivity index (χ3n) is 5.04. The first kappa shape index (κ1) is 19.4. The van der Waals surface area contributed by atoms with E-state index >= 15 is 0 Å². The Morgan fingerprint density at radius 2 is 1.86 bits per heavy atom. The van der Waals surface area contributed by atoms with Gasteiger partial charge in [0.2, 0.25) is 5.88 Å². The summed E-state index contributed by atoms with van der Waals surface area (Å²) < 4.78 is 11.9. The van der Waals surface area contributed by atoms with Gasteiger partial charge >= 0.3 is 6.03 Å². The van der Waals surface area contributed by atoms with E-state index in [-0.39, 0.29) is 24.3 Å². The van der Waals surface area contributed by atoms with Crippen molar-refractivity contribution in [3.63, 3.8) is 0 Å². The largest absolute Gasteiger partial charge is 0.475 e. The minimum Gasteiger partial charge on any atom is -0.475 e. The summed E-state index contributed by atoms with van der Waals surface area (Å²) in [7, 11) is 1.58. The maximum atomic E-state index is 11.5. The molecule has 2 atom stereocenters. The van der Waals surface area contributed by atoms with Crippen LogP contribution in [0.4, 0.5) is 16.3 Å². The number of amides is 2. The van der Waals surface area contributed by atoms with Crippen molar-refractivity contribution in [1.82, 2.24) is 15.3 Å². The lowest BCUT2D eigenvalue weighted by atomic mass is 10.2. The molecule has 0 aliphatic carbocycles. The number of nitrogens with one attached hydrogen (secondary N) is 2. The van der Waals surface area contributed by atoms with Crippen molar-refractivity contribution in [2.24, 2.45) is 0 Å². The van der Waals surface area contributed by atoms with Gasteiger partial charge in [0.05, 0.1) is 18.3 Å². The minimum atomic E-state index is -0.259. The molecule has 2 amide bonds. The lowest BCUT2D eigenvalue weighted by Gasteiger charge is -2.33. The molecule has 2 fully saturated rings. The Labute approximate surface area is 170 Å². The van der Waals surface area contributed by atoms with Gasteiger partial charge in [-0.05, 0) is 51.0 Å². The van der Waals surface area contributed by atoms with E-state index in [0.29, 0.717) is 17.4 Å². The molecule has 2 aliphatic rings. The molecule has 3 heterocycles. The molecule has 2 aromatic rings. The number of aromatic nitrogens is 2. The van der Waals surface area contributed by atoms with Crippen LogP contribution in [0.5, 0.6) is 5.88 Å². The highest BCUT2D eigenvalue weighted by Gasteiger charge is 2.34. The summed E-state index contributed by atoms with van der Waals surface area (Å²) in [6.07, 6.45) is 2.78. The van der Waals surface area contributed by atoms with Crippen LogP contribution in [0.1, 0.15) is 26.7 Å². The van der Waals surface area contributed by atoms with E-state index in [0.717, 1.165) is 37.3 Å².